The Morgan fingerprint density at radius 2 is 0.638 bits per heavy atom. The fourth-order valence-electron chi connectivity index (χ4n) is 9.73. The lowest BCUT2D eigenvalue weighted by Crippen LogP contribution is -2.53. The first-order valence-corrected chi connectivity index (χ1v) is 30.9. The van der Waals surface area contributed by atoms with E-state index in [4.69, 9.17) is 0 Å². The van der Waals surface area contributed by atoms with Gasteiger partial charge >= 0.3 is 0 Å². The van der Waals surface area contributed by atoms with Crippen LogP contribution < -0.4 is 5.32 Å². The molecular weight excluding hydrogens is 851 g/mol. The van der Waals surface area contributed by atoms with Crippen molar-refractivity contribution in [2.75, 3.05) is 6.61 Å². The molecule has 0 spiro atoms. The summed E-state index contributed by atoms with van der Waals surface area (Å²) in [6.07, 6.45) is 72.3. The molecule has 4 unspecified atom stereocenters. The van der Waals surface area contributed by atoms with Crippen molar-refractivity contribution in [2.24, 2.45) is 0 Å². The number of amides is 1. The Balaban J connectivity index is 3.63. The van der Waals surface area contributed by atoms with Gasteiger partial charge in [-0.1, -0.05) is 294 Å². The minimum absolute atomic E-state index is 0.362. The molecule has 5 N–H and O–H groups in total. The number of allylic oxidation sites excluding steroid dienone is 6. The zero-order valence-electron chi connectivity index (χ0n) is 46.3. The standard InChI is InChI=1S/C63H121NO5/c1-3-5-7-9-11-13-15-17-19-21-23-25-27-29-30-31-33-35-37-39-41-43-45-47-49-51-53-55-57-61(67)63(69)64-59(58-65)62(68)60(66)56-54-52-50-48-46-44-42-40-38-36-34-32-28-26-24-22-20-18-16-14-12-10-8-6-4-2/h23,25,29-30,48,50,59-62,65-68H,3-22,24,26-28,31-47,49,51-58H2,1-2H3,(H,64,69)/b25-23-,30-29-,50-48+. The quantitative estimate of drug-likeness (QED) is 0.0308. The van der Waals surface area contributed by atoms with Crippen molar-refractivity contribution < 1.29 is 25.2 Å². The smallest absolute Gasteiger partial charge is 0.249 e. The topological polar surface area (TPSA) is 110 Å². The summed E-state index contributed by atoms with van der Waals surface area (Å²) in [4.78, 5) is 12.6. The zero-order chi connectivity index (χ0) is 50.2. The summed E-state index contributed by atoms with van der Waals surface area (Å²) in [7, 11) is 0. The maximum atomic E-state index is 12.6. The maximum absolute atomic E-state index is 12.6. The van der Waals surface area contributed by atoms with E-state index in [-0.39, 0.29) is 0 Å². The van der Waals surface area contributed by atoms with Gasteiger partial charge in [0.2, 0.25) is 5.91 Å². The second-order valence-electron chi connectivity index (χ2n) is 21.4. The summed E-state index contributed by atoms with van der Waals surface area (Å²) in [5, 5.41) is 44.1. The van der Waals surface area contributed by atoms with Crippen LogP contribution in [0.3, 0.4) is 0 Å². The Bertz CT molecular complexity index is 1090. The van der Waals surface area contributed by atoms with E-state index < -0.39 is 36.9 Å². The molecule has 4 atom stereocenters. The van der Waals surface area contributed by atoms with Crippen LogP contribution in [0, 0.1) is 0 Å². The van der Waals surface area contributed by atoms with Gasteiger partial charge in [0, 0.05) is 0 Å². The Morgan fingerprint density at radius 1 is 0.362 bits per heavy atom. The van der Waals surface area contributed by atoms with Crippen LogP contribution in [0.15, 0.2) is 36.5 Å². The van der Waals surface area contributed by atoms with Crippen LogP contribution in [0.2, 0.25) is 0 Å². The largest absolute Gasteiger partial charge is 0.394 e. The highest BCUT2D eigenvalue weighted by atomic mass is 16.3. The fourth-order valence-corrected chi connectivity index (χ4v) is 9.73. The van der Waals surface area contributed by atoms with Gasteiger partial charge in [-0.3, -0.25) is 4.79 Å². The van der Waals surface area contributed by atoms with Crippen molar-refractivity contribution in [1.82, 2.24) is 5.32 Å². The van der Waals surface area contributed by atoms with Gasteiger partial charge in [-0.2, -0.15) is 0 Å². The average Bonchev–Trinajstić information content (AvgIpc) is 3.35. The molecule has 0 bridgehead atoms. The fraction of sp³-hybridized carbons (Fsp3) is 0.889. The maximum Gasteiger partial charge on any atom is 0.249 e. The van der Waals surface area contributed by atoms with E-state index in [9.17, 15) is 25.2 Å². The molecule has 0 saturated heterocycles. The van der Waals surface area contributed by atoms with Crippen LogP contribution in [-0.4, -0.2) is 57.3 Å². The summed E-state index contributed by atoms with van der Waals surface area (Å²) < 4.78 is 0. The van der Waals surface area contributed by atoms with E-state index in [2.05, 4.69) is 55.6 Å². The number of carbonyl (C=O) groups excluding carboxylic acids is 1. The Morgan fingerprint density at radius 3 is 0.957 bits per heavy atom. The minimum atomic E-state index is -1.28. The molecule has 0 fully saturated rings. The summed E-state index contributed by atoms with van der Waals surface area (Å²) >= 11 is 0. The first kappa shape index (κ1) is 67.5. The van der Waals surface area contributed by atoms with Crippen molar-refractivity contribution in [1.29, 1.82) is 0 Å². The van der Waals surface area contributed by atoms with E-state index in [1.807, 2.05) is 0 Å². The molecule has 0 aromatic rings. The molecule has 69 heavy (non-hydrogen) atoms. The Kier molecular flexibility index (Phi) is 56.2. The van der Waals surface area contributed by atoms with Gasteiger partial charge in [0.15, 0.2) is 0 Å². The predicted octanol–water partition coefficient (Wildman–Crippen LogP) is 18.4. The Hall–Kier alpha value is -1.47. The minimum Gasteiger partial charge on any atom is -0.394 e. The van der Waals surface area contributed by atoms with E-state index in [0.29, 0.717) is 12.8 Å². The van der Waals surface area contributed by atoms with Crippen molar-refractivity contribution >= 4 is 5.91 Å². The number of rotatable bonds is 57. The number of unbranched alkanes of at least 4 members (excludes halogenated alkanes) is 42. The third kappa shape index (κ3) is 51.2. The number of hydrogen-bond donors (Lipinski definition) is 5. The van der Waals surface area contributed by atoms with Crippen LogP contribution in [0.5, 0.6) is 0 Å². The lowest BCUT2D eigenvalue weighted by Gasteiger charge is -2.27. The third-order valence-corrected chi connectivity index (χ3v) is 14.6. The monoisotopic (exact) mass is 972 g/mol. The van der Waals surface area contributed by atoms with Crippen molar-refractivity contribution in [3.05, 3.63) is 36.5 Å². The number of aliphatic hydroxyl groups excluding tert-OH is 4. The van der Waals surface area contributed by atoms with Gasteiger partial charge < -0.3 is 25.7 Å². The molecule has 0 aliphatic carbocycles. The highest BCUT2D eigenvalue weighted by Crippen LogP contribution is 2.18. The van der Waals surface area contributed by atoms with E-state index in [0.717, 1.165) is 44.9 Å². The number of nitrogens with one attached hydrogen (secondary N) is 1. The van der Waals surface area contributed by atoms with Crippen molar-refractivity contribution in [3.8, 4) is 0 Å². The lowest BCUT2D eigenvalue weighted by atomic mass is 10.00. The highest BCUT2D eigenvalue weighted by molar-refractivity contribution is 5.80. The third-order valence-electron chi connectivity index (χ3n) is 14.6. The molecule has 0 saturated carbocycles. The van der Waals surface area contributed by atoms with Gasteiger partial charge in [0.05, 0.1) is 18.8 Å². The SMILES string of the molecule is CCCCCCCCCCC/C=C\C/C=C\CCCCCCCCCCCCCCC(O)C(=O)NC(CO)C(O)C(O)CCC/C=C/CCCCCCCCCCCCCCCCCCCCCC. The summed E-state index contributed by atoms with van der Waals surface area (Å²) in [6, 6.07) is -1.00. The van der Waals surface area contributed by atoms with Crippen LogP contribution in [-0.2, 0) is 4.79 Å². The van der Waals surface area contributed by atoms with Crippen LogP contribution in [0.25, 0.3) is 0 Å². The van der Waals surface area contributed by atoms with Gasteiger partial charge in [-0.25, -0.2) is 0 Å². The molecule has 0 aliphatic rings. The van der Waals surface area contributed by atoms with Gasteiger partial charge in [0.1, 0.15) is 12.2 Å². The normalized spacial score (nSPS) is 13.9. The van der Waals surface area contributed by atoms with Crippen LogP contribution in [0.4, 0.5) is 0 Å². The molecule has 0 rings (SSSR count). The molecule has 0 radical (unpaired) electrons. The van der Waals surface area contributed by atoms with E-state index in [1.54, 1.807) is 0 Å². The van der Waals surface area contributed by atoms with Crippen molar-refractivity contribution in [2.45, 2.75) is 353 Å². The summed E-state index contributed by atoms with van der Waals surface area (Å²) in [6.45, 7) is 4.08. The molecular formula is C63H121NO5. The van der Waals surface area contributed by atoms with E-state index in [1.165, 1.54) is 257 Å². The number of carbonyl (C=O) groups is 1. The zero-order valence-corrected chi connectivity index (χ0v) is 46.3. The highest BCUT2D eigenvalue weighted by Gasteiger charge is 2.28. The molecule has 0 aromatic carbocycles. The van der Waals surface area contributed by atoms with Crippen molar-refractivity contribution in [3.63, 3.8) is 0 Å². The van der Waals surface area contributed by atoms with Gasteiger partial charge in [0.25, 0.3) is 0 Å². The first-order valence-electron chi connectivity index (χ1n) is 30.9. The molecule has 0 heterocycles. The first-order chi connectivity index (χ1) is 34.0. The lowest BCUT2D eigenvalue weighted by molar-refractivity contribution is -0.132. The summed E-state index contributed by atoms with van der Waals surface area (Å²) in [5.74, 6) is -0.591. The van der Waals surface area contributed by atoms with Crippen LogP contribution in [0.1, 0.15) is 328 Å². The average molecular weight is 973 g/mol. The molecule has 0 aliphatic heterocycles. The molecule has 0 aromatic heterocycles. The summed E-state index contributed by atoms with van der Waals surface area (Å²) in [5.41, 5.74) is 0. The van der Waals surface area contributed by atoms with Crippen LogP contribution >= 0.6 is 0 Å². The van der Waals surface area contributed by atoms with E-state index >= 15 is 0 Å². The van der Waals surface area contributed by atoms with Gasteiger partial charge in [-0.05, 0) is 70.6 Å². The predicted molar refractivity (Wildman–Crippen MR) is 302 cm³/mol. The molecule has 6 heteroatoms. The molecule has 408 valence electrons. The molecule has 6 nitrogen and oxygen atoms in total. The number of hydrogen-bond acceptors (Lipinski definition) is 5. The molecule has 1 amide bonds. The Labute approximate surface area is 430 Å². The number of aliphatic hydroxyl groups is 4. The second-order valence-corrected chi connectivity index (χ2v) is 21.4. The second kappa shape index (κ2) is 57.4. The van der Waals surface area contributed by atoms with Gasteiger partial charge in [-0.15, -0.1) is 0 Å².